The lowest BCUT2D eigenvalue weighted by atomic mass is 10.1. The molecule has 0 radical (unpaired) electrons. The normalized spacial score (nSPS) is 11.6. The van der Waals surface area contributed by atoms with Crippen LogP contribution >= 0.6 is 0 Å². The minimum atomic E-state index is -4.26. The van der Waals surface area contributed by atoms with E-state index < -0.39 is 31.4 Å². The number of alkyl halides is 4. The number of rotatable bonds is 5. The first-order chi connectivity index (χ1) is 8.36. The van der Waals surface area contributed by atoms with Gasteiger partial charge in [0.15, 0.2) is 0 Å². The molecule has 0 spiro atoms. The molecule has 0 atom stereocenters. The van der Waals surface area contributed by atoms with Crippen LogP contribution in [0.4, 0.5) is 22.0 Å². The molecule has 0 saturated heterocycles. The van der Waals surface area contributed by atoms with Crippen LogP contribution < -0.4 is 0 Å². The van der Waals surface area contributed by atoms with Gasteiger partial charge in [-0.2, -0.15) is 14.0 Å². The Kier molecular flexibility index (Phi) is 4.62. The first kappa shape index (κ1) is 14.4. The third-order valence-electron chi connectivity index (χ3n) is 2.05. The number of benzene rings is 1. The maximum atomic E-state index is 13.2. The zero-order valence-corrected chi connectivity index (χ0v) is 8.97. The van der Waals surface area contributed by atoms with Gasteiger partial charge >= 0.3 is 12.3 Å². The van der Waals surface area contributed by atoms with Crippen molar-refractivity contribution in [2.45, 2.75) is 19.0 Å². The molecular formula is C11H8F5NO. The molecule has 0 bridgehead atoms. The van der Waals surface area contributed by atoms with E-state index >= 15 is 0 Å². The molecule has 0 aliphatic carbocycles. The van der Waals surface area contributed by atoms with Crippen molar-refractivity contribution < 1.29 is 26.7 Å². The van der Waals surface area contributed by atoms with Crippen LogP contribution in [0.1, 0.15) is 11.1 Å². The molecule has 2 nitrogen and oxygen atoms in total. The highest BCUT2D eigenvalue weighted by Gasteiger charge is 2.40. The van der Waals surface area contributed by atoms with Gasteiger partial charge in [0, 0.05) is 5.56 Å². The molecule has 1 aromatic carbocycles. The smallest absolute Gasteiger partial charge is 0.330 e. The molecule has 0 aliphatic heterocycles. The first-order valence-electron chi connectivity index (χ1n) is 4.79. The van der Waals surface area contributed by atoms with Crippen LogP contribution in [0.25, 0.3) is 0 Å². The summed E-state index contributed by atoms with van der Waals surface area (Å²) >= 11 is 0. The van der Waals surface area contributed by atoms with Gasteiger partial charge in [0.2, 0.25) is 0 Å². The van der Waals surface area contributed by atoms with Crippen LogP contribution in [0.3, 0.4) is 0 Å². The molecular weight excluding hydrogens is 257 g/mol. The maximum absolute atomic E-state index is 13.2. The largest absolute Gasteiger partial charge is 0.370 e. The van der Waals surface area contributed by atoms with Gasteiger partial charge in [0.25, 0.3) is 0 Å². The first-order valence-corrected chi connectivity index (χ1v) is 4.79. The second-order valence-corrected chi connectivity index (χ2v) is 3.47. The van der Waals surface area contributed by atoms with Crippen LogP contribution in [0.15, 0.2) is 18.2 Å². The Morgan fingerprint density at radius 3 is 2.50 bits per heavy atom. The SMILES string of the molecule is N#Cc1ccc(COCC(F)(F)C(F)F)c(F)c1. The number of hydrogen-bond acceptors (Lipinski definition) is 2. The summed E-state index contributed by atoms with van der Waals surface area (Å²) in [7, 11) is 0. The molecule has 7 heteroatoms. The summed E-state index contributed by atoms with van der Waals surface area (Å²) in [5.41, 5.74) is -0.0202. The Balaban J connectivity index is 2.58. The number of halogens is 5. The van der Waals surface area contributed by atoms with E-state index in [4.69, 9.17) is 5.26 Å². The number of ether oxygens (including phenoxy) is 1. The molecule has 0 N–H and O–H groups in total. The second-order valence-electron chi connectivity index (χ2n) is 3.47. The van der Waals surface area contributed by atoms with Gasteiger partial charge in [0.1, 0.15) is 12.4 Å². The summed E-state index contributed by atoms with van der Waals surface area (Å²) in [5.74, 6) is -5.07. The van der Waals surface area contributed by atoms with Gasteiger partial charge in [-0.25, -0.2) is 13.2 Å². The Hall–Kier alpha value is -1.68. The molecule has 0 fully saturated rings. The highest BCUT2D eigenvalue weighted by atomic mass is 19.3. The molecule has 1 aromatic rings. The predicted molar refractivity (Wildman–Crippen MR) is 51.7 cm³/mol. The fourth-order valence-electron chi connectivity index (χ4n) is 1.09. The lowest BCUT2D eigenvalue weighted by molar-refractivity contribution is -0.168. The minimum Gasteiger partial charge on any atom is -0.370 e. The Labute approximate surface area is 99.6 Å². The topological polar surface area (TPSA) is 33.0 Å². The third-order valence-corrected chi connectivity index (χ3v) is 2.05. The lowest BCUT2D eigenvalue weighted by Crippen LogP contribution is -2.32. The molecule has 0 amide bonds. The van der Waals surface area contributed by atoms with Crippen molar-refractivity contribution in [2.75, 3.05) is 6.61 Å². The van der Waals surface area contributed by atoms with E-state index in [9.17, 15) is 22.0 Å². The van der Waals surface area contributed by atoms with E-state index in [1.807, 2.05) is 0 Å². The highest BCUT2D eigenvalue weighted by Crippen LogP contribution is 2.23. The fraction of sp³-hybridized carbons (Fsp3) is 0.364. The Bertz CT molecular complexity index is 455. The quantitative estimate of drug-likeness (QED) is 0.766. The molecule has 18 heavy (non-hydrogen) atoms. The zero-order valence-electron chi connectivity index (χ0n) is 8.97. The Morgan fingerprint density at radius 2 is 2.00 bits per heavy atom. The van der Waals surface area contributed by atoms with E-state index in [0.717, 1.165) is 6.07 Å². The molecule has 98 valence electrons. The van der Waals surface area contributed by atoms with Crippen LogP contribution in [0, 0.1) is 17.1 Å². The average Bonchev–Trinajstić information content (AvgIpc) is 2.30. The van der Waals surface area contributed by atoms with Crippen molar-refractivity contribution in [1.29, 1.82) is 5.26 Å². The molecule has 1 rings (SSSR count). The maximum Gasteiger partial charge on any atom is 0.330 e. The van der Waals surface area contributed by atoms with E-state index in [1.165, 1.54) is 12.1 Å². The van der Waals surface area contributed by atoms with Gasteiger partial charge in [-0.15, -0.1) is 0 Å². The highest BCUT2D eigenvalue weighted by molar-refractivity contribution is 5.32. The van der Waals surface area contributed by atoms with Gasteiger partial charge in [-0.1, -0.05) is 6.07 Å². The molecule has 0 aliphatic rings. The van der Waals surface area contributed by atoms with Gasteiger partial charge in [-0.3, -0.25) is 0 Å². The third kappa shape index (κ3) is 3.67. The number of nitriles is 1. The van der Waals surface area contributed by atoms with Gasteiger partial charge < -0.3 is 4.74 Å². The molecule has 0 aromatic heterocycles. The van der Waals surface area contributed by atoms with Crippen molar-refractivity contribution in [1.82, 2.24) is 0 Å². The van der Waals surface area contributed by atoms with Gasteiger partial charge in [0.05, 0.1) is 18.2 Å². The number of hydrogen-bond donors (Lipinski definition) is 0. The lowest BCUT2D eigenvalue weighted by Gasteiger charge is -2.15. The summed E-state index contributed by atoms with van der Waals surface area (Å²) in [6.07, 6.45) is -3.83. The van der Waals surface area contributed by atoms with Crippen molar-refractivity contribution >= 4 is 0 Å². The van der Waals surface area contributed by atoms with Crippen molar-refractivity contribution in [2.24, 2.45) is 0 Å². The van der Waals surface area contributed by atoms with Gasteiger partial charge in [-0.05, 0) is 12.1 Å². The van der Waals surface area contributed by atoms with E-state index in [-0.39, 0.29) is 11.1 Å². The minimum absolute atomic E-state index is 0.0640. The van der Waals surface area contributed by atoms with E-state index in [1.54, 1.807) is 6.07 Å². The number of nitrogens with zero attached hydrogens (tertiary/aromatic N) is 1. The second kappa shape index (κ2) is 5.78. The monoisotopic (exact) mass is 265 g/mol. The summed E-state index contributed by atoms with van der Waals surface area (Å²) in [6.45, 7) is -2.07. The van der Waals surface area contributed by atoms with Crippen molar-refractivity contribution in [3.05, 3.63) is 35.1 Å². The Morgan fingerprint density at radius 1 is 1.33 bits per heavy atom. The molecule has 0 unspecified atom stereocenters. The zero-order chi connectivity index (χ0) is 13.8. The predicted octanol–water partition coefficient (Wildman–Crippen LogP) is 3.11. The fourth-order valence-corrected chi connectivity index (χ4v) is 1.09. The van der Waals surface area contributed by atoms with Crippen LogP contribution in [-0.4, -0.2) is 19.0 Å². The average molecular weight is 265 g/mol. The van der Waals surface area contributed by atoms with E-state index in [0.29, 0.717) is 0 Å². The van der Waals surface area contributed by atoms with Crippen LogP contribution in [-0.2, 0) is 11.3 Å². The van der Waals surface area contributed by atoms with Crippen LogP contribution in [0.2, 0.25) is 0 Å². The molecule has 0 saturated carbocycles. The summed E-state index contributed by atoms with van der Waals surface area (Å²) in [5, 5.41) is 8.47. The van der Waals surface area contributed by atoms with E-state index in [2.05, 4.69) is 4.74 Å². The van der Waals surface area contributed by atoms with Crippen molar-refractivity contribution in [3.63, 3.8) is 0 Å². The molecule has 0 heterocycles. The summed E-state index contributed by atoms with van der Waals surface area (Å²) < 4.78 is 66.1. The standard InChI is InChI=1S/C11H8F5NO/c12-9-3-7(4-17)1-2-8(9)5-18-6-11(15,16)10(13)14/h1-3,10H,5-6H2. The summed E-state index contributed by atoms with van der Waals surface area (Å²) in [6, 6.07) is 5.04. The summed E-state index contributed by atoms with van der Waals surface area (Å²) in [4.78, 5) is 0. The van der Waals surface area contributed by atoms with Crippen LogP contribution in [0.5, 0.6) is 0 Å². The van der Waals surface area contributed by atoms with Crippen molar-refractivity contribution in [3.8, 4) is 6.07 Å².